The van der Waals surface area contributed by atoms with Gasteiger partial charge in [0.25, 0.3) is 5.91 Å². The zero-order chi connectivity index (χ0) is 17.7. The Hall–Kier alpha value is -2.60. The molecule has 2 aromatic carbocycles. The highest BCUT2D eigenvalue weighted by atomic mass is 35.5. The lowest BCUT2D eigenvalue weighted by Gasteiger charge is -2.13. The summed E-state index contributed by atoms with van der Waals surface area (Å²) in [6, 6.07) is 9.89. The van der Waals surface area contributed by atoms with Gasteiger partial charge in [-0.2, -0.15) is 0 Å². The molecule has 0 aromatic heterocycles. The number of phenols is 1. The lowest BCUT2D eigenvalue weighted by molar-refractivity contribution is -0.122. The summed E-state index contributed by atoms with van der Waals surface area (Å²) >= 11 is 5.77. The summed E-state index contributed by atoms with van der Waals surface area (Å²) in [5.41, 5.74) is 5.25. The molecule has 126 valence electrons. The van der Waals surface area contributed by atoms with Crippen LogP contribution in [0.4, 0.5) is 4.39 Å². The number of amides is 2. The Bertz CT molecular complexity index is 750. The smallest absolute Gasteiger partial charge is 0.273 e. The molecule has 1 unspecified atom stereocenters. The third-order valence-corrected chi connectivity index (χ3v) is 3.68. The highest BCUT2D eigenvalue weighted by Gasteiger charge is 2.15. The molecule has 3 N–H and O–H groups in total. The zero-order valence-corrected chi connectivity index (χ0v) is 13.6. The number of carbonyl (C=O) groups is 2. The number of carbonyl (C=O) groups excluding carboxylic acids is 2. The first kappa shape index (κ1) is 17.7. The maximum Gasteiger partial charge on any atom is 0.273 e. The molecule has 0 aliphatic rings. The van der Waals surface area contributed by atoms with Crippen LogP contribution in [0.15, 0.2) is 42.5 Å². The van der Waals surface area contributed by atoms with Crippen LogP contribution < -0.4 is 10.9 Å². The van der Waals surface area contributed by atoms with Gasteiger partial charge in [0.05, 0.1) is 5.56 Å². The van der Waals surface area contributed by atoms with Crippen LogP contribution in [-0.2, 0) is 4.79 Å². The van der Waals surface area contributed by atoms with Crippen molar-refractivity contribution in [1.82, 2.24) is 10.9 Å². The van der Waals surface area contributed by atoms with E-state index >= 15 is 0 Å². The van der Waals surface area contributed by atoms with Crippen molar-refractivity contribution < 1.29 is 19.1 Å². The summed E-state index contributed by atoms with van der Waals surface area (Å²) < 4.78 is 12.9. The number of phenolic OH excluding ortho intramolecular Hbond substituents is 1. The molecule has 0 radical (unpaired) electrons. The first-order valence-electron chi connectivity index (χ1n) is 7.20. The predicted octanol–water partition coefficient (Wildman–Crippen LogP) is 3.14. The summed E-state index contributed by atoms with van der Waals surface area (Å²) in [6.45, 7) is 1.82. The van der Waals surface area contributed by atoms with E-state index < -0.39 is 11.8 Å². The Morgan fingerprint density at radius 2 is 1.83 bits per heavy atom. The van der Waals surface area contributed by atoms with Crippen LogP contribution >= 0.6 is 11.6 Å². The van der Waals surface area contributed by atoms with Crippen LogP contribution in [-0.4, -0.2) is 16.9 Å². The minimum absolute atomic E-state index is 0.0469. The van der Waals surface area contributed by atoms with Gasteiger partial charge >= 0.3 is 0 Å². The number of aromatic hydroxyl groups is 1. The van der Waals surface area contributed by atoms with Crippen molar-refractivity contribution in [3.8, 4) is 5.75 Å². The molecule has 2 aromatic rings. The Morgan fingerprint density at radius 1 is 1.17 bits per heavy atom. The molecular formula is C17H16ClFN2O3. The number of benzene rings is 2. The fraction of sp³-hybridized carbons (Fsp3) is 0.176. The molecular weight excluding hydrogens is 335 g/mol. The topological polar surface area (TPSA) is 78.4 Å². The zero-order valence-electron chi connectivity index (χ0n) is 12.8. The van der Waals surface area contributed by atoms with Crippen molar-refractivity contribution >= 4 is 23.4 Å². The maximum absolute atomic E-state index is 12.9. The molecule has 5 nitrogen and oxygen atoms in total. The van der Waals surface area contributed by atoms with Gasteiger partial charge in [0.15, 0.2) is 0 Å². The molecule has 0 saturated heterocycles. The molecule has 0 heterocycles. The number of hydrogen-bond donors (Lipinski definition) is 3. The molecule has 0 saturated carbocycles. The molecule has 7 heteroatoms. The van der Waals surface area contributed by atoms with Gasteiger partial charge in [-0.15, -0.1) is 0 Å². The molecule has 0 spiro atoms. The first-order valence-corrected chi connectivity index (χ1v) is 7.58. The Labute approximate surface area is 143 Å². The summed E-state index contributed by atoms with van der Waals surface area (Å²) in [5.74, 6) is -1.84. The second kappa shape index (κ2) is 7.79. The number of hydrazine groups is 1. The minimum atomic E-state index is -0.683. The SMILES string of the molecule is CC(CC(=O)NNC(=O)c1cc(Cl)ccc1O)c1ccc(F)cc1. The number of rotatable bonds is 4. The molecule has 24 heavy (non-hydrogen) atoms. The maximum atomic E-state index is 12.9. The molecule has 2 rings (SSSR count). The van der Waals surface area contributed by atoms with Gasteiger partial charge in [0.1, 0.15) is 11.6 Å². The number of nitrogens with one attached hydrogen (secondary N) is 2. The van der Waals surface area contributed by atoms with Crippen molar-refractivity contribution in [3.63, 3.8) is 0 Å². The lowest BCUT2D eigenvalue weighted by atomic mass is 9.98. The van der Waals surface area contributed by atoms with Crippen molar-refractivity contribution in [2.45, 2.75) is 19.3 Å². The standard InChI is InChI=1S/C17H16ClFN2O3/c1-10(11-2-5-13(19)6-3-11)8-16(23)20-21-17(24)14-9-12(18)4-7-15(14)22/h2-7,9-10,22H,8H2,1H3,(H,20,23)(H,21,24). The first-order chi connectivity index (χ1) is 11.4. The quantitative estimate of drug-likeness (QED) is 0.741. The van der Waals surface area contributed by atoms with Crippen molar-refractivity contribution in [2.24, 2.45) is 0 Å². The van der Waals surface area contributed by atoms with E-state index in [9.17, 15) is 19.1 Å². The van der Waals surface area contributed by atoms with Crippen LogP contribution in [0.1, 0.15) is 35.2 Å². The van der Waals surface area contributed by atoms with E-state index in [0.29, 0.717) is 0 Å². The summed E-state index contributed by atoms with van der Waals surface area (Å²) in [7, 11) is 0. The fourth-order valence-electron chi connectivity index (χ4n) is 2.12. The summed E-state index contributed by atoms with van der Waals surface area (Å²) in [5, 5.41) is 9.91. The van der Waals surface area contributed by atoms with Crippen LogP contribution in [0.25, 0.3) is 0 Å². The molecule has 0 fully saturated rings. The Balaban J connectivity index is 1.89. The third-order valence-electron chi connectivity index (χ3n) is 3.45. The van der Waals surface area contributed by atoms with E-state index in [1.807, 2.05) is 6.92 Å². The molecule has 1 atom stereocenters. The molecule has 2 amide bonds. The summed E-state index contributed by atoms with van der Waals surface area (Å²) in [6.07, 6.45) is 0.105. The average molecular weight is 351 g/mol. The van der Waals surface area contributed by atoms with Crippen LogP contribution in [0.3, 0.4) is 0 Å². The van der Waals surface area contributed by atoms with Crippen LogP contribution in [0.2, 0.25) is 5.02 Å². The number of hydrogen-bond acceptors (Lipinski definition) is 3. The monoisotopic (exact) mass is 350 g/mol. The second-order valence-electron chi connectivity index (χ2n) is 5.32. The van der Waals surface area contributed by atoms with E-state index in [1.165, 1.54) is 30.3 Å². The largest absolute Gasteiger partial charge is 0.507 e. The molecule has 0 aliphatic carbocycles. The highest BCUT2D eigenvalue weighted by molar-refractivity contribution is 6.31. The third kappa shape index (κ3) is 4.70. The van der Waals surface area contributed by atoms with Crippen LogP contribution in [0.5, 0.6) is 5.75 Å². The predicted molar refractivity (Wildman–Crippen MR) is 88.2 cm³/mol. The van der Waals surface area contributed by atoms with E-state index in [1.54, 1.807) is 12.1 Å². The molecule has 0 aliphatic heterocycles. The van der Waals surface area contributed by atoms with Crippen molar-refractivity contribution in [2.75, 3.05) is 0 Å². The van der Waals surface area contributed by atoms with Crippen LogP contribution in [0, 0.1) is 5.82 Å². The van der Waals surface area contributed by atoms with Gasteiger partial charge in [0.2, 0.25) is 5.91 Å². The van der Waals surface area contributed by atoms with Gasteiger partial charge in [-0.3, -0.25) is 20.4 Å². The van der Waals surface area contributed by atoms with Gasteiger partial charge in [0, 0.05) is 11.4 Å². The Kier molecular flexibility index (Phi) is 5.76. The van der Waals surface area contributed by atoms with Gasteiger partial charge in [-0.25, -0.2) is 4.39 Å². The normalized spacial score (nSPS) is 11.6. The minimum Gasteiger partial charge on any atom is -0.507 e. The highest BCUT2D eigenvalue weighted by Crippen LogP contribution is 2.21. The lowest BCUT2D eigenvalue weighted by Crippen LogP contribution is -2.42. The average Bonchev–Trinajstić information content (AvgIpc) is 2.55. The van der Waals surface area contributed by atoms with Crippen molar-refractivity contribution in [1.29, 1.82) is 0 Å². The van der Waals surface area contributed by atoms with E-state index in [-0.39, 0.29) is 34.5 Å². The molecule has 0 bridgehead atoms. The Morgan fingerprint density at radius 3 is 2.50 bits per heavy atom. The van der Waals surface area contributed by atoms with E-state index in [2.05, 4.69) is 10.9 Å². The number of halogens is 2. The van der Waals surface area contributed by atoms with E-state index in [0.717, 1.165) is 5.56 Å². The van der Waals surface area contributed by atoms with E-state index in [4.69, 9.17) is 11.6 Å². The van der Waals surface area contributed by atoms with Gasteiger partial charge < -0.3 is 5.11 Å². The van der Waals surface area contributed by atoms with Gasteiger partial charge in [-0.05, 0) is 41.8 Å². The summed E-state index contributed by atoms with van der Waals surface area (Å²) in [4.78, 5) is 23.8. The fourth-order valence-corrected chi connectivity index (χ4v) is 2.29. The van der Waals surface area contributed by atoms with Gasteiger partial charge in [-0.1, -0.05) is 30.7 Å². The second-order valence-corrected chi connectivity index (χ2v) is 5.76. The van der Waals surface area contributed by atoms with Crippen molar-refractivity contribution in [3.05, 3.63) is 64.4 Å².